The van der Waals surface area contributed by atoms with Crippen LogP contribution in [0.5, 0.6) is 0 Å². The van der Waals surface area contributed by atoms with Crippen LogP contribution < -0.4 is 10.6 Å². The second kappa shape index (κ2) is 8.70. The van der Waals surface area contributed by atoms with Crippen LogP contribution in [0.4, 0.5) is 13.2 Å². The standard InChI is InChI=1S/C18H23F3N6O/c1-2-15-24-16(25-27(15)13-6-4-3-5-7-13)17(28)23-12-14(18(19,20)21)26-10-8-22-9-11-26/h3-7,14,22H,2,8-12H2,1H3,(H,23,28). The molecule has 28 heavy (non-hydrogen) atoms. The molecule has 7 nitrogen and oxygen atoms in total. The Balaban J connectivity index is 1.72. The summed E-state index contributed by atoms with van der Waals surface area (Å²) >= 11 is 0. The molecule has 2 N–H and O–H groups in total. The number of para-hydroxylation sites is 1. The van der Waals surface area contributed by atoms with E-state index >= 15 is 0 Å². The van der Waals surface area contributed by atoms with Crippen LogP contribution in [0.15, 0.2) is 30.3 Å². The maximum Gasteiger partial charge on any atom is 0.405 e. The monoisotopic (exact) mass is 396 g/mol. The van der Waals surface area contributed by atoms with Crippen molar-refractivity contribution >= 4 is 5.91 Å². The molecule has 1 atom stereocenters. The normalized spacial score (nSPS) is 16.7. The number of hydrogen-bond donors (Lipinski definition) is 2. The molecule has 1 saturated heterocycles. The van der Waals surface area contributed by atoms with E-state index < -0.39 is 24.7 Å². The first kappa shape index (κ1) is 20.3. The van der Waals surface area contributed by atoms with Crippen LogP contribution in [0.25, 0.3) is 5.69 Å². The summed E-state index contributed by atoms with van der Waals surface area (Å²) in [7, 11) is 0. The van der Waals surface area contributed by atoms with E-state index in [0.29, 0.717) is 25.3 Å². The molecule has 0 radical (unpaired) electrons. The highest BCUT2D eigenvalue weighted by molar-refractivity contribution is 5.90. The van der Waals surface area contributed by atoms with Crippen molar-refractivity contribution in [3.8, 4) is 5.69 Å². The van der Waals surface area contributed by atoms with Gasteiger partial charge in [-0.1, -0.05) is 25.1 Å². The Hall–Kier alpha value is -2.46. The van der Waals surface area contributed by atoms with Crippen molar-refractivity contribution in [3.05, 3.63) is 42.0 Å². The molecule has 0 bridgehead atoms. The number of halogens is 3. The molecule has 0 aliphatic carbocycles. The fourth-order valence-electron chi connectivity index (χ4n) is 3.16. The zero-order valence-corrected chi connectivity index (χ0v) is 15.5. The molecule has 2 aromatic rings. The van der Waals surface area contributed by atoms with Crippen molar-refractivity contribution < 1.29 is 18.0 Å². The predicted octanol–water partition coefficient (Wildman–Crippen LogP) is 1.40. The summed E-state index contributed by atoms with van der Waals surface area (Å²) < 4.78 is 41.9. The number of aromatic nitrogens is 3. The summed E-state index contributed by atoms with van der Waals surface area (Å²) in [5.74, 6) is -0.290. The Labute approximate surface area is 160 Å². The molecule has 0 spiro atoms. The van der Waals surface area contributed by atoms with Gasteiger partial charge >= 0.3 is 6.18 Å². The Morgan fingerprint density at radius 1 is 1.25 bits per heavy atom. The number of carbonyl (C=O) groups is 1. The van der Waals surface area contributed by atoms with Crippen LogP contribution in [-0.2, 0) is 6.42 Å². The lowest BCUT2D eigenvalue weighted by atomic mass is 10.2. The Kier molecular flexibility index (Phi) is 6.30. The van der Waals surface area contributed by atoms with Crippen LogP contribution in [0.1, 0.15) is 23.4 Å². The van der Waals surface area contributed by atoms with Crippen LogP contribution in [-0.4, -0.2) is 70.5 Å². The number of piperazine rings is 1. The number of benzene rings is 1. The lowest BCUT2D eigenvalue weighted by Gasteiger charge is -2.35. The maximum absolute atomic E-state index is 13.5. The van der Waals surface area contributed by atoms with E-state index in [1.165, 1.54) is 9.58 Å². The zero-order chi connectivity index (χ0) is 20.1. The maximum atomic E-state index is 13.5. The van der Waals surface area contributed by atoms with Gasteiger partial charge in [0.2, 0.25) is 5.82 Å². The van der Waals surface area contributed by atoms with Crippen molar-refractivity contribution in [2.45, 2.75) is 25.6 Å². The molecule has 1 fully saturated rings. The molecule has 1 aliphatic heterocycles. The molecule has 2 heterocycles. The van der Waals surface area contributed by atoms with Crippen molar-refractivity contribution in [2.24, 2.45) is 0 Å². The number of hydrogen-bond acceptors (Lipinski definition) is 5. The summed E-state index contributed by atoms with van der Waals surface area (Å²) in [5, 5.41) is 9.58. The van der Waals surface area contributed by atoms with Gasteiger partial charge in [-0.25, -0.2) is 9.67 Å². The summed E-state index contributed by atoms with van der Waals surface area (Å²) in [4.78, 5) is 18.0. The van der Waals surface area contributed by atoms with Gasteiger partial charge in [0.05, 0.1) is 5.69 Å². The number of aryl methyl sites for hydroxylation is 1. The van der Waals surface area contributed by atoms with Gasteiger partial charge in [-0.3, -0.25) is 9.69 Å². The predicted molar refractivity (Wildman–Crippen MR) is 97.4 cm³/mol. The van der Waals surface area contributed by atoms with Crippen LogP contribution in [0.3, 0.4) is 0 Å². The number of nitrogens with one attached hydrogen (secondary N) is 2. The third-order valence-electron chi connectivity index (χ3n) is 4.62. The first-order valence-corrected chi connectivity index (χ1v) is 9.21. The summed E-state index contributed by atoms with van der Waals surface area (Å²) in [6, 6.07) is 7.42. The highest BCUT2D eigenvalue weighted by atomic mass is 19.4. The number of nitrogens with zero attached hydrogens (tertiary/aromatic N) is 4. The first-order valence-electron chi connectivity index (χ1n) is 9.21. The highest BCUT2D eigenvalue weighted by Crippen LogP contribution is 2.24. The summed E-state index contributed by atoms with van der Waals surface area (Å²) in [6.07, 6.45) is -3.91. The molecular weight excluding hydrogens is 373 g/mol. The quantitative estimate of drug-likeness (QED) is 0.772. The molecule has 1 aromatic carbocycles. The van der Waals surface area contributed by atoms with E-state index in [1.807, 2.05) is 37.3 Å². The average molecular weight is 396 g/mol. The van der Waals surface area contributed by atoms with Crippen molar-refractivity contribution in [2.75, 3.05) is 32.7 Å². The van der Waals surface area contributed by atoms with E-state index in [1.54, 1.807) is 0 Å². The number of rotatable bonds is 6. The van der Waals surface area contributed by atoms with Gasteiger partial charge in [0.25, 0.3) is 5.91 Å². The first-order chi connectivity index (χ1) is 13.4. The molecule has 1 unspecified atom stereocenters. The lowest BCUT2D eigenvalue weighted by Crippen LogP contribution is -2.57. The lowest BCUT2D eigenvalue weighted by molar-refractivity contribution is -0.183. The van der Waals surface area contributed by atoms with Crippen LogP contribution in [0, 0.1) is 0 Å². The van der Waals surface area contributed by atoms with Gasteiger partial charge in [0, 0.05) is 39.1 Å². The van der Waals surface area contributed by atoms with Crippen molar-refractivity contribution in [1.82, 2.24) is 30.3 Å². The topological polar surface area (TPSA) is 75.1 Å². The molecule has 10 heteroatoms. The van der Waals surface area contributed by atoms with Crippen LogP contribution >= 0.6 is 0 Å². The molecular formula is C18H23F3N6O. The minimum absolute atomic E-state index is 0.137. The van der Waals surface area contributed by atoms with Gasteiger partial charge in [0.1, 0.15) is 11.9 Å². The van der Waals surface area contributed by atoms with Gasteiger partial charge in [-0.05, 0) is 12.1 Å². The van der Waals surface area contributed by atoms with Gasteiger partial charge in [-0.2, -0.15) is 13.2 Å². The van der Waals surface area contributed by atoms with E-state index in [4.69, 9.17) is 0 Å². The van der Waals surface area contributed by atoms with Gasteiger partial charge < -0.3 is 10.6 Å². The molecule has 1 aromatic heterocycles. The largest absolute Gasteiger partial charge is 0.405 e. The highest BCUT2D eigenvalue weighted by Gasteiger charge is 2.44. The second-order valence-corrected chi connectivity index (χ2v) is 6.51. The second-order valence-electron chi connectivity index (χ2n) is 6.51. The Bertz CT molecular complexity index is 786. The average Bonchev–Trinajstić information content (AvgIpc) is 3.13. The van der Waals surface area contributed by atoms with Crippen molar-refractivity contribution in [1.29, 1.82) is 0 Å². The van der Waals surface area contributed by atoms with E-state index in [-0.39, 0.29) is 18.9 Å². The molecule has 3 rings (SSSR count). The minimum Gasteiger partial charge on any atom is -0.347 e. The molecule has 1 aliphatic rings. The fourth-order valence-corrected chi connectivity index (χ4v) is 3.16. The summed E-state index contributed by atoms with van der Waals surface area (Å²) in [6.45, 7) is 2.87. The summed E-state index contributed by atoms with van der Waals surface area (Å²) in [5.41, 5.74) is 0.736. The molecule has 1 amide bonds. The number of amides is 1. The zero-order valence-electron chi connectivity index (χ0n) is 15.5. The third-order valence-corrected chi connectivity index (χ3v) is 4.62. The van der Waals surface area contributed by atoms with E-state index in [2.05, 4.69) is 20.7 Å². The number of carbonyl (C=O) groups excluding carboxylic acids is 1. The van der Waals surface area contributed by atoms with E-state index in [0.717, 1.165) is 5.69 Å². The number of alkyl halides is 3. The molecule has 152 valence electrons. The molecule has 0 saturated carbocycles. The Morgan fingerprint density at radius 3 is 2.54 bits per heavy atom. The van der Waals surface area contributed by atoms with E-state index in [9.17, 15) is 18.0 Å². The Morgan fingerprint density at radius 2 is 1.93 bits per heavy atom. The minimum atomic E-state index is -4.43. The van der Waals surface area contributed by atoms with Crippen LogP contribution in [0.2, 0.25) is 0 Å². The smallest absolute Gasteiger partial charge is 0.347 e. The van der Waals surface area contributed by atoms with Gasteiger partial charge in [-0.15, -0.1) is 5.10 Å². The third kappa shape index (κ3) is 4.68. The fraction of sp³-hybridized carbons (Fsp3) is 0.500. The SMILES string of the molecule is CCc1nc(C(=O)NCC(N2CCNCC2)C(F)(F)F)nn1-c1ccccc1. The van der Waals surface area contributed by atoms with Gasteiger partial charge in [0.15, 0.2) is 0 Å². The van der Waals surface area contributed by atoms with Crippen molar-refractivity contribution in [3.63, 3.8) is 0 Å².